The Labute approximate surface area is 137 Å². The minimum absolute atomic E-state index is 0.412. The summed E-state index contributed by atoms with van der Waals surface area (Å²) in [5, 5.41) is 3.34. The topological polar surface area (TPSA) is 79.9 Å². The molecule has 0 aliphatic carbocycles. The lowest BCUT2D eigenvalue weighted by molar-refractivity contribution is 0.1000. The lowest BCUT2D eigenvalue weighted by atomic mass is 10.1. The molecule has 6 nitrogen and oxygen atoms in total. The van der Waals surface area contributed by atoms with Crippen LogP contribution < -0.4 is 11.1 Å². The van der Waals surface area contributed by atoms with Crippen LogP contribution in [0.3, 0.4) is 0 Å². The minimum atomic E-state index is -0.412. The van der Waals surface area contributed by atoms with Crippen molar-refractivity contribution in [2.45, 2.75) is 19.9 Å². The fourth-order valence-corrected chi connectivity index (χ4v) is 2.81. The number of guanidine groups is 1. The quantitative estimate of drug-likeness (QED) is 0.610. The van der Waals surface area contributed by atoms with E-state index in [1.165, 1.54) is 0 Å². The van der Waals surface area contributed by atoms with Gasteiger partial charge in [-0.15, -0.1) is 0 Å². The third kappa shape index (κ3) is 4.96. The van der Waals surface area contributed by atoms with E-state index in [-0.39, 0.29) is 0 Å². The van der Waals surface area contributed by atoms with Gasteiger partial charge >= 0.3 is 0 Å². The van der Waals surface area contributed by atoms with Gasteiger partial charge in [-0.05, 0) is 31.0 Å². The van der Waals surface area contributed by atoms with Crippen molar-refractivity contribution in [2.75, 3.05) is 33.4 Å². The number of nitrogens with zero attached hydrogens (tertiary/aromatic N) is 2. The third-order valence-electron chi connectivity index (χ3n) is 3.95. The van der Waals surface area contributed by atoms with Crippen molar-refractivity contribution in [3.05, 3.63) is 35.4 Å². The zero-order chi connectivity index (χ0) is 16.7. The number of benzene rings is 1. The Bertz CT molecular complexity index is 559. The third-order valence-corrected chi connectivity index (χ3v) is 3.95. The Morgan fingerprint density at radius 1 is 1.52 bits per heavy atom. The van der Waals surface area contributed by atoms with Crippen LogP contribution in [-0.2, 0) is 11.3 Å². The Kier molecular flexibility index (Phi) is 6.40. The van der Waals surface area contributed by atoms with Gasteiger partial charge in [0.25, 0.3) is 0 Å². The molecule has 1 heterocycles. The first-order valence-corrected chi connectivity index (χ1v) is 8.05. The molecule has 0 bridgehead atoms. The number of primary amides is 1. The maximum absolute atomic E-state index is 11.3. The molecule has 1 aliphatic rings. The molecule has 6 heteroatoms. The number of likely N-dealkylation sites (tertiary alicyclic amines) is 1. The number of aliphatic imine (C=N–C) groups is 1. The van der Waals surface area contributed by atoms with Crippen molar-refractivity contribution in [2.24, 2.45) is 16.6 Å². The van der Waals surface area contributed by atoms with Crippen molar-refractivity contribution >= 4 is 11.9 Å². The molecular formula is C17H26N4O2. The molecule has 1 fully saturated rings. The minimum Gasteiger partial charge on any atom is -0.384 e. The Hall–Kier alpha value is -2.08. The van der Waals surface area contributed by atoms with Crippen molar-refractivity contribution in [1.82, 2.24) is 10.2 Å². The standard InChI is InChI=1S/C17H26N4O2/c1-3-19-17(21-8-7-14(11-21)12-23-2)20-10-13-5-4-6-15(9-13)16(18)22/h4-6,9,14H,3,7-8,10-12H2,1-2H3,(H2,18,22)(H,19,20). The number of carbonyl (C=O) groups is 1. The van der Waals surface area contributed by atoms with Gasteiger partial charge in [0.2, 0.25) is 5.91 Å². The van der Waals surface area contributed by atoms with E-state index in [0.29, 0.717) is 18.0 Å². The highest BCUT2D eigenvalue weighted by molar-refractivity contribution is 5.92. The van der Waals surface area contributed by atoms with Crippen LogP contribution in [0.4, 0.5) is 0 Å². The van der Waals surface area contributed by atoms with Crippen LogP contribution in [-0.4, -0.2) is 50.1 Å². The average Bonchev–Trinajstić information content (AvgIpc) is 3.00. The normalized spacial score (nSPS) is 18.3. The van der Waals surface area contributed by atoms with Gasteiger partial charge in [-0.25, -0.2) is 4.99 Å². The summed E-state index contributed by atoms with van der Waals surface area (Å²) in [5.74, 6) is 1.06. The van der Waals surface area contributed by atoms with Crippen molar-refractivity contribution in [3.63, 3.8) is 0 Å². The maximum Gasteiger partial charge on any atom is 0.248 e. The average molecular weight is 318 g/mol. The van der Waals surface area contributed by atoms with E-state index in [2.05, 4.69) is 17.1 Å². The van der Waals surface area contributed by atoms with Crippen molar-refractivity contribution < 1.29 is 9.53 Å². The SMILES string of the molecule is CCNC(=NCc1cccc(C(N)=O)c1)N1CCC(COC)C1. The molecule has 1 aromatic rings. The van der Waals surface area contributed by atoms with Crippen LogP contribution in [0.25, 0.3) is 0 Å². The Morgan fingerprint density at radius 3 is 3.04 bits per heavy atom. The first-order valence-electron chi connectivity index (χ1n) is 8.05. The molecule has 0 aromatic heterocycles. The molecule has 0 spiro atoms. The van der Waals surface area contributed by atoms with E-state index in [1.54, 1.807) is 19.2 Å². The Morgan fingerprint density at radius 2 is 2.35 bits per heavy atom. The molecule has 126 valence electrons. The summed E-state index contributed by atoms with van der Waals surface area (Å²) in [6.07, 6.45) is 1.12. The van der Waals surface area contributed by atoms with Crippen LogP contribution >= 0.6 is 0 Å². The first kappa shape index (κ1) is 17.3. The van der Waals surface area contributed by atoms with E-state index in [9.17, 15) is 4.79 Å². The smallest absolute Gasteiger partial charge is 0.248 e. The van der Waals surface area contributed by atoms with Gasteiger partial charge in [0.1, 0.15) is 0 Å². The van der Waals surface area contributed by atoms with Gasteiger partial charge in [-0.2, -0.15) is 0 Å². The summed E-state index contributed by atoms with van der Waals surface area (Å²) in [7, 11) is 1.74. The van der Waals surface area contributed by atoms with E-state index in [4.69, 9.17) is 15.5 Å². The molecule has 1 saturated heterocycles. The van der Waals surface area contributed by atoms with Crippen molar-refractivity contribution in [3.8, 4) is 0 Å². The van der Waals surface area contributed by atoms with Crippen LogP contribution in [0, 0.1) is 5.92 Å². The number of nitrogens with two attached hydrogens (primary N) is 1. The summed E-state index contributed by atoms with van der Waals surface area (Å²) in [6, 6.07) is 7.31. The first-order chi connectivity index (χ1) is 11.1. The molecule has 23 heavy (non-hydrogen) atoms. The zero-order valence-corrected chi connectivity index (χ0v) is 13.9. The number of amides is 1. The summed E-state index contributed by atoms with van der Waals surface area (Å²) < 4.78 is 5.25. The van der Waals surface area contributed by atoms with Gasteiger partial charge < -0.3 is 20.7 Å². The zero-order valence-electron chi connectivity index (χ0n) is 13.9. The van der Waals surface area contributed by atoms with Gasteiger partial charge in [-0.3, -0.25) is 4.79 Å². The molecule has 2 rings (SSSR count). The number of carbonyl (C=O) groups excluding carboxylic acids is 1. The fourth-order valence-electron chi connectivity index (χ4n) is 2.81. The van der Waals surface area contributed by atoms with E-state index >= 15 is 0 Å². The second-order valence-electron chi connectivity index (χ2n) is 5.79. The van der Waals surface area contributed by atoms with E-state index < -0.39 is 5.91 Å². The molecule has 1 atom stereocenters. The predicted octanol–water partition coefficient (Wildman–Crippen LogP) is 1.22. The number of hydrogen-bond acceptors (Lipinski definition) is 3. The summed E-state index contributed by atoms with van der Waals surface area (Å²) in [5.41, 5.74) is 6.82. The number of rotatable bonds is 6. The van der Waals surface area contributed by atoms with Crippen LogP contribution in [0.1, 0.15) is 29.3 Å². The fraction of sp³-hybridized carbons (Fsp3) is 0.529. The molecule has 3 N–H and O–H groups in total. The summed E-state index contributed by atoms with van der Waals surface area (Å²) in [4.78, 5) is 18.2. The van der Waals surface area contributed by atoms with E-state index in [1.807, 2.05) is 12.1 Å². The lowest BCUT2D eigenvalue weighted by Crippen LogP contribution is -2.40. The molecule has 1 aromatic carbocycles. The van der Waals surface area contributed by atoms with E-state index in [0.717, 1.165) is 44.2 Å². The monoisotopic (exact) mass is 318 g/mol. The second kappa shape index (κ2) is 8.53. The van der Waals surface area contributed by atoms with Gasteiger partial charge in [0, 0.05) is 38.2 Å². The molecule has 1 aliphatic heterocycles. The highest BCUT2D eigenvalue weighted by atomic mass is 16.5. The summed E-state index contributed by atoms with van der Waals surface area (Å²) in [6.45, 7) is 6.14. The Balaban J connectivity index is 2.04. The summed E-state index contributed by atoms with van der Waals surface area (Å²) >= 11 is 0. The highest BCUT2D eigenvalue weighted by Crippen LogP contribution is 2.16. The number of ether oxygens (including phenoxy) is 1. The van der Waals surface area contributed by atoms with Crippen LogP contribution in [0.15, 0.2) is 29.3 Å². The number of hydrogen-bond donors (Lipinski definition) is 2. The van der Waals surface area contributed by atoms with Gasteiger partial charge in [0.05, 0.1) is 13.2 Å². The van der Waals surface area contributed by atoms with Gasteiger partial charge in [0.15, 0.2) is 5.96 Å². The lowest BCUT2D eigenvalue weighted by Gasteiger charge is -2.21. The molecule has 0 radical (unpaired) electrons. The van der Waals surface area contributed by atoms with Crippen LogP contribution in [0.2, 0.25) is 0 Å². The van der Waals surface area contributed by atoms with Crippen molar-refractivity contribution in [1.29, 1.82) is 0 Å². The number of nitrogens with one attached hydrogen (secondary N) is 1. The number of methoxy groups -OCH3 is 1. The molecule has 1 unspecified atom stereocenters. The molecule has 1 amide bonds. The maximum atomic E-state index is 11.3. The highest BCUT2D eigenvalue weighted by Gasteiger charge is 2.24. The van der Waals surface area contributed by atoms with Gasteiger partial charge in [-0.1, -0.05) is 12.1 Å². The predicted molar refractivity (Wildman–Crippen MR) is 91.3 cm³/mol. The molecular weight excluding hydrogens is 292 g/mol. The second-order valence-corrected chi connectivity index (χ2v) is 5.79. The largest absolute Gasteiger partial charge is 0.384 e. The van der Waals surface area contributed by atoms with Crippen LogP contribution in [0.5, 0.6) is 0 Å². The molecule has 0 saturated carbocycles.